The summed E-state index contributed by atoms with van der Waals surface area (Å²) >= 11 is 1.60. The van der Waals surface area contributed by atoms with Gasteiger partial charge in [-0.25, -0.2) is 0 Å². The minimum Gasteiger partial charge on any atom is -0.387 e. The Labute approximate surface area is 131 Å². The van der Waals surface area contributed by atoms with Crippen LogP contribution in [-0.4, -0.2) is 34.9 Å². The fraction of sp³-hybridized carbons (Fsp3) is 0.214. The summed E-state index contributed by atoms with van der Waals surface area (Å²) in [7, 11) is 0. The predicted octanol–water partition coefficient (Wildman–Crippen LogP) is 1.18. The number of rotatable bonds is 5. The summed E-state index contributed by atoms with van der Waals surface area (Å²) in [5.74, 6) is -1.59. The molecule has 0 aliphatic heterocycles. The van der Waals surface area contributed by atoms with Crippen LogP contribution in [0.2, 0.25) is 0 Å². The van der Waals surface area contributed by atoms with Gasteiger partial charge in [0.15, 0.2) is 5.82 Å². The molecule has 0 radical (unpaired) electrons. The molecule has 8 heteroatoms. The van der Waals surface area contributed by atoms with Crippen molar-refractivity contribution in [2.75, 3.05) is 18.1 Å². The van der Waals surface area contributed by atoms with Crippen LogP contribution in [0.25, 0.3) is 0 Å². The summed E-state index contributed by atoms with van der Waals surface area (Å²) in [6.45, 7) is -0.0658. The maximum Gasteiger partial charge on any atom is 0.314 e. The van der Waals surface area contributed by atoms with Gasteiger partial charge in [-0.05, 0) is 24.0 Å². The van der Waals surface area contributed by atoms with E-state index in [4.69, 9.17) is 0 Å². The fourth-order valence-electron chi connectivity index (χ4n) is 1.66. The third-order valence-corrected chi connectivity index (χ3v) is 3.59. The van der Waals surface area contributed by atoms with E-state index in [0.717, 1.165) is 4.90 Å². The van der Waals surface area contributed by atoms with E-state index in [1.54, 1.807) is 23.9 Å². The highest BCUT2D eigenvalue weighted by Crippen LogP contribution is 2.18. The summed E-state index contributed by atoms with van der Waals surface area (Å²) in [6.07, 6.45) is 2.34. The van der Waals surface area contributed by atoms with E-state index < -0.39 is 17.9 Å². The lowest BCUT2D eigenvalue weighted by Crippen LogP contribution is -2.37. The summed E-state index contributed by atoms with van der Waals surface area (Å²) < 4.78 is 4.53. The summed E-state index contributed by atoms with van der Waals surface area (Å²) in [5, 5.41) is 18.1. The van der Waals surface area contributed by atoms with Gasteiger partial charge >= 0.3 is 11.8 Å². The molecule has 116 valence electrons. The highest BCUT2D eigenvalue weighted by Gasteiger charge is 2.16. The zero-order valence-electron chi connectivity index (χ0n) is 11.8. The maximum atomic E-state index is 11.6. The Bertz CT molecular complexity index is 628. The number of thioether (sulfide) groups is 1. The van der Waals surface area contributed by atoms with E-state index >= 15 is 0 Å². The molecule has 0 aliphatic carbocycles. The molecule has 0 fully saturated rings. The quantitative estimate of drug-likeness (QED) is 0.564. The van der Waals surface area contributed by atoms with Gasteiger partial charge in [0.2, 0.25) is 0 Å². The smallest absolute Gasteiger partial charge is 0.314 e. The van der Waals surface area contributed by atoms with Crippen LogP contribution >= 0.6 is 11.8 Å². The number of nitrogens with zero attached hydrogens (tertiary/aromatic N) is 1. The van der Waals surface area contributed by atoms with Crippen LogP contribution in [-0.2, 0) is 9.59 Å². The van der Waals surface area contributed by atoms with Crippen molar-refractivity contribution >= 4 is 29.4 Å². The number of nitrogens with one attached hydrogen (secondary N) is 2. The topological polar surface area (TPSA) is 104 Å². The zero-order chi connectivity index (χ0) is 15.9. The minimum absolute atomic E-state index is 0.0658. The number of aliphatic hydroxyl groups excluding tert-OH is 1. The van der Waals surface area contributed by atoms with E-state index in [2.05, 4.69) is 20.3 Å². The lowest BCUT2D eigenvalue weighted by molar-refractivity contribution is -0.136. The molecule has 2 rings (SSSR count). The van der Waals surface area contributed by atoms with Crippen LogP contribution in [0.1, 0.15) is 11.7 Å². The average Bonchev–Trinajstić information content (AvgIpc) is 3.05. The molecular formula is C14H15N3O4S. The van der Waals surface area contributed by atoms with Crippen LogP contribution in [0.15, 0.2) is 46.0 Å². The van der Waals surface area contributed by atoms with Gasteiger partial charge in [0.1, 0.15) is 6.26 Å². The van der Waals surface area contributed by atoms with Gasteiger partial charge < -0.3 is 14.9 Å². The van der Waals surface area contributed by atoms with E-state index in [9.17, 15) is 14.7 Å². The van der Waals surface area contributed by atoms with E-state index in [0.29, 0.717) is 5.56 Å². The Balaban J connectivity index is 1.83. The van der Waals surface area contributed by atoms with Crippen molar-refractivity contribution in [1.29, 1.82) is 0 Å². The van der Waals surface area contributed by atoms with Gasteiger partial charge in [-0.1, -0.05) is 17.3 Å². The van der Waals surface area contributed by atoms with Crippen LogP contribution in [0, 0.1) is 0 Å². The van der Waals surface area contributed by atoms with Crippen molar-refractivity contribution in [2.45, 2.75) is 11.0 Å². The lowest BCUT2D eigenvalue weighted by atomic mass is 10.1. The SMILES string of the molecule is CSc1ccc([C@@H](O)CNC(=O)C(=O)Nc2ccon2)cc1. The molecule has 22 heavy (non-hydrogen) atoms. The molecule has 2 amide bonds. The normalized spacial score (nSPS) is 11.7. The summed E-state index contributed by atoms with van der Waals surface area (Å²) in [5.41, 5.74) is 0.662. The van der Waals surface area contributed by atoms with Crippen molar-refractivity contribution in [2.24, 2.45) is 0 Å². The molecule has 0 aliphatic rings. The number of benzene rings is 1. The number of anilines is 1. The Kier molecular flexibility index (Phi) is 5.56. The largest absolute Gasteiger partial charge is 0.387 e. The van der Waals surface area contributed by atoms with Crippen LogP contribution in [0.4, 0.5) is 5.82 Å². The third-order valence-electron chi connectivity index (χ3n) is 2.84. The standard InChI is InChI=1S/C14H15N3O4S/c1-22-10-4-2-9(3-5-10)11(18)8-15-13(19)14(20)16-12-6-7-21-17-12/h2-7,11,18H,8H2,1H3,(H,15,19)(H,16,17,20)/t11-/m0/s1. The van der Waals surface area contributed by atoms with Gasteiger partial charge in [-0.2, -0.15) is 0 Å². The van der Waals surface area contributed by atoms with Crippen LogP contribution < -0.4 is 10.6 Å². The highest BCUT2D eigenvalue weighted by atomic mass is 32.2. The number of aliphatic hydroxyl groups is 1. The van der Waals surface area contributed by atoms with Gasteiger partial charge in [-0.15, -0.1) is 11.8 Å². The Morgan fingerprint density at radius 3 is 2.59 bits per heavy atom. The van der Waals surface area contributed by atoms with Crippen molar-refractivity contribution in [3.63, 3.8) is 0 Å². The summed E-state index contributed by atoms with van der Waals surface area (Å²) in [6, 6.07) is 8.72. The first-order valence-electron chi connectivity index (χ1n) is 6.41. The van der Waals surface area contributed by atoms with Crippen LogP contribution in [0.5, 0.6) is 0 Å². The Morgan fingerprint density at radius 2 is 2.00 bits per heavy atom. The average molecular weight is 321 g/mol. The number of hydrogen-bond acceptors (Lipinski definition) is 6. The van der Waals surface area contributed by atoms with Gasteiger partial charge in [0, 0.05) is 17.5 Å². The first kappa shape index (κ1) is 16.1. The van der Waals surface area contributed by atoms with Gasteiger partial charge in [0.25, 0.3) is 0 Å². The molecule has 7 nitrogen and oxygen atoms in total. The van der Waals surface area contributed by atoms with Crippen molar-refractivity contribution in [3.8, 4) is 0 Å². The Morgan fingerprint density at radius 1 is 1.27 bits per heavy atom. The second-order valence-corrected chi connectivity index (χ2v) is 5.22. The molecule has 0 saturated carbocycles. The number of aromatic nitrogens is 1. The molecule has 0 unspecified atom stereocenters. The van der Waals surface area contributed by atoms with Crippen LogP contribution in [0.3, 0.4) is 0 Å². The second kappa shape index (κ2) is 7.62. The number of amides is 2. The van der Waals surface area contributed by atoms with Gasteiger partial charge in [-0.3, -0.25) is 14.9 Å². The fourth-order valence-corrected chi connectivity index (χ4v) is 2.07. The minimum atomic E-state index is -0.889. The molecule has 1 aromatic carbocycles. The monoisotopic (exact) mass is 321 g/mol. The summed E-state index contributed by atoms with van der Waals surface area (Å²) in [4.78, 5) is 24.2. The zero-order valence-corrected chi connectivity index (χ0v) is 12.6. The molecule has 3 N–H and O–H groups in total. The molecule has 2 aromatic rings. The van der Waals surface area contributed by atoms with Crippen molar-refractivity contribution < 1.29 is 19.2 Å². The number of carbonyl (C=O) groups excluding carboxylic acids is 2. The molecule has 0 spiro atoms. The second-order valence-electron chi connectivity index (χ2n) is 4.34. The van der Waals surface area contributed by atoms with Crippen molar-refractivity contribution in [3.05, 3.63) is 42.2 Å². The maximum absolute atomic E-state index is 11.6. The molecule has 1 aromatic heterocycles. The highest BCUT2D eigenvalue weighted by molar-refractivity contribution is 7.98. The lowest BCUT2D eigenvalue weighted by Gasteiger charge is -2.12. The first-order chi connectivity index (χ1) is 10.6. The van der Waals surface area contributed by atoms with E-state index in [-0.39, 0.29) is 12.4 Å². The van der Waals surface area contributed by atoms with E-state index in [1.807, 2.05) is 18.4 Å². The molecule has 1 atom stereocenters. The number of hydrogen-bond donors (Lipinski definition) is 3. The van der Waals surface area contributed by atoms with Gasteiger partial charge in [0.05, 0.1) is 6.10 Å². The first-order valence-corrected chi connectivity index (χ1v) is 7.64. The molecule has 1 heterocycles. The van der Waals surface area contributed by atoms with Crippen molar-refractivity contribution in [1.82, 2.24) is 10.5 Å². The third kappa shape index (κ3) is 4.34. The molecule has 0 saturated heterocycles. The number of carbonyl (C=O) groups is 2. The Hall–Kier alpha value is -2.32. The molecular weight excluding hydrogens is 306 g/mol. The van der Waals surface area contributed by atoms with E-state index in [1.165, 1.54) is 12.3 Å². The molecule has 0 bridgehead atoms. The predicted molar refractivity (Wildman–Crippen MR) is 81.3 cm³/mol.